The quantitative estimate of drug-likeness (QED) is 0.408. The average molecular weight is 469 g/mol. The first-order valence-corrected chi connectivity index (χ1v) is 11.8. The molecule has 2 aromatic heterocycles. The van der Waals surface area contributed by atoms with E-state index < -0.39 is 5.60 Å². The van der Waals surface area contributed by atoms with Crippen LogP contribution in [0.15, 0.2) is 30.5 Å². The minimum Gasteiger partial charge on any atom is -0.456 e. The van der Waals surface area contributed by atoms with Crippen LogP contribution in [0.4, 0.5) is 0 Å². The van der Waals surface area contributed by atoms with E-state index in [1.165, 1.54) is 11.1 Å². The molecule has 0 aliphatic carbocycles. The van der Waals surface area contributed by atoms with Crippen molar-refractivity contribution in [1.29, 1.82) is 0 Å². The number of halogens is 1. The first-order chi connectivity index (χ1) is 15.7. The van der Waals surface area contributed by atoms with Crippen LogP contribution in [0.25, 0.3) is 11.0 Å². The highest BCUT2D eigenvalue weighted by atomic mass is 35.5. The Labute approximate surface area is 198 Å². The number of ether oxygens (including phenoxy) is 2. The van der Waals surface area contributed by atoms with Gasteiger partial charge in [0.25, 0.3) is 0 Å². The third-order valence-electron chi connectivity index (χ3n) is 6.15. The number of hydrogen-bond donors (Lipinski definition) is 0. The zero-order valence-electron chi connectivity index (χ0n) is 19.3. The molecule has 1 saturated heterocycles. The summed E-state index contributed by atoms with van der Waals surface area (Å²) in [7, 11) is 0. The van der Waals surface area contributed by atoms with Crippen molar-refractivity contribution in [2.24, 2.45) is 0 Å². The Bertz CT molecular complexity index is 1200. The summed E-state index contributed by atoms with van der Waals surface area (Å²) < 4.78 is 13.5. The molecule has 4 heterocycles. The summed E-state index contributed by atoms with van der Waals surface area (Å²) in [4.78, 5) is 24.2. The highest BCUT2D eigenvalue weighted by Crippen LogP contribution is 2.26. The molecule has 0 radical (unpaired) electrons. The number of esters is 1. The van der Waals surface area contributed by atoms with E-state index in [0.717, 1.165) is 55.9 Å². The molecule has 0 saturated carbocycles. The summed E-state index contributed by atoms with van der Waals surface area (Å²) in [5.74, 6) is 0.655. The lowest BCUT2D eigenvalue weighted by Crippen LogP contribution is -2.34. The molecule has 1 atom stereocenters. The molecule has 0 amide bonds. The average Bonchev–Trinajstić information content (AvgIpc) is 3.05. The van der Waals surface area contributed by atoms with E-state index in [-0.39, 0.29) is 12.1 Å². The van der Waals surface area contributed by atoms with Gasteiger partial charge in [-0.2, -0.15) is 0 Å². The summed E-state index contributed by atoms with van der Waals surface area (Å²) in [5.41, 5.74) is 4.29. The third-order valence-corrected chi connectivity index (χ3v) is 6.35. The molecule has 33 heavy (non-hydrogen) atoms. The molecule has 3 aromatic rings. The Morgan fingerprint density at radius 2 is 2.09 bits per heavy atom. The maximum atomic E-state index is 12.7. The molecule has 174 valence electrons. The van der Waals surface area contributed by atoms with Crippen LogP contribution < -0.4 is 0 Å². The van der Waals surface area contributed by atoms with Gasteiger partial charge in [-0.25, -0.2) is 14.8 Å². The summed E-state index contributed by atoms with van der Waals surface area (Å²) in [5, 5.41) is 0.527. The molecule has 1 aromatic carbocycles. The van der Waals surface area contributed by atoms with Crippen molar-refractivity contribution in [2.45, 2.75) is 65.0 Å². The third kappa shape index (κ3) is 4.90. The van der Waals surface area contributed by atoms with Gasteiger partial charge in [0.2, 0.25) is 0 Å². The largest absolute Gasteiger partial charge is 0.456 e. The Morgan fingerprint density at radius 3 is 2.82 bits per heavy atom. The first kappa shape index (κ1) is 22.3. The summed E-state index contributed by atoms with van der Waals surface area (Å²) in [6.45, 7) is 9.60. The van der Waals surface area contributed by atoms with Crippen LogP contribution in [0.5, 0.6) is 0 Å². The molecule has 0 bridgehead atoms. The van der Waals surface area contributed by atoms with Crippen LogP contribution in [0.2, 0.25) is 5.15 Å². The van der Waals surface area contributed by atoms with E-state index in [4.69, 9.17) is 26.1 Å². The van der Waals surface area contributed by atoms with E-state index in [1.54, 1.807) is 6.07 Å². The zero-order valence-corrected chi connectivity index (χ0v) is 20.1. The van der Waals surface area contributed by atoms with Gasteiger partial charge in [-0.15, -0.1) is 0 Å². The number of rotatable bonds is 5. The molecule has 8 heteroatoms. The topological polar surface area (TPSA) is 69.5 Å². The summed E-state index contributed by atoms with van der Waals surface area (Å²) in [6, 6.07) is 7.56. The minimum absolute atomic E-state index is 0.179. The second-order valence-electron chi connectivity index (χ2n) is 9.86. The molecular formula is C25H29ClN4O3. The lowest BCUT2D eigenvalue weighted by molar-refractivity contribution is -0.0592. The minimum atomic E-state index is -0.541. The van der Waals surface area contributed by atoms with Crippen LogP contribution >= 0.6 is 11.6 Å². The van der Waals surface area contributed by atoms with Gasteiger partial charge in [-0.3, -0.25) is 4.90 Å². The van der Waals surface area contributed by atoms with Crippen LogP contribution in [0.1, 0.15) is 54.5 Å². The van der Waals surface area contributed by atoms with Crippen LogP contribution in [-0.4, -0.2) is 50.3 Å². The first-order valence-electron chi connectivity index (χ1n) is 11.4. The maximum absolute atomic E-state index is 12.7. The fourth-order valence-electron chi connectivity index (χ4n) is 4.40. The van der Waals surface area contributed by atoms with Crippen LogP contribution in [-0.2, 0) is 35.5 Å². The molecule has 2 aliphatic rings. The van der Waals surface area contributed by atoms with Crippen molar-refractivity contribution in [2.75, 3.05) is 13.2 Å². The molecule has 1 fully saturated rings. The van der Waals surface area contributed by atoms with Gasteiger partial charge >= 0.3 is 5.97 Å². The van der Waals surface area contributed by atoms with Crippen molar-refractivity contribution in [3.05, 3.63) is 58.1 Å². The van der Waals surface area contributed by atoms with Crippen LogP contribution in [0, 0.1) is 0 Å². The maximum Gasteiger partial charge on any atom is 0.338 e. The Hall–Kier alpha value is -2.48. The number of fused-ring (bicyclic) bond motifs is 2. The predicted molar refractivity (Wildman–Crippen MR) is 126 cm³/mol. The second kappa shape index (κ2) is 8.70. The van der Waals surface area contributed by atoms with Crippen LogP contribution in [0.3, 0.4) is 0 Å². The van der Waals surface area contributed by atoms with Gasteiger partial charge in [-0.05, 0) is 69.0 Å². The number of benzene rings is 1. The van der Waals surface area contributed by atoms with Gasteiger partial charge in [0.15, 0.2) is 0 Å². The molecular weight excluding hydrogens is 440 g/mol. The van der Waals surface area contributed by atoms with Crippen molar-refractivity contribution in [3.63, 3.8) is 0 Å². The Kier molecular flexibility index (Phi) is 5.89. The molecule has 5 rings (SSSR count). The lowest BCUT2D eigenvalue weighted by Gasteiger charge is -2.30. The molecule has 2 aliphatic heterocycles. The zero-order chi connectivity index (χ0) is 23.2. The molecule has 0 N–H and O–H groups in total. The van der Waals surface area contributed by atoms with E-state index in [1.807, 2.05) is 45.2 Å². The molecule has 0 spiro atoms. The van der Waals surface area contributed by atoms with Gasteiger partial charge < -0.3 is 14.0 Å². The van der Waals surface area contributed by atoms with Gasteiger partial charge in [0.05, 0.1) is 35.8 Å². The Morgan fingerprint density at radius 1 is 1.27 bits per heavy atom. The van der Waals surface area contributed by atoms with Gasteiger partial charge in [-0.1, -0.05) is 11.6 Å². The number of hydrogen-bond acceptors (Lipinski definition) is 6. The molecule has 0 unspecified atom stereocenters. The number of carbonyl (C=O) groups excluding carboxylic acids is 1. The van der Waals surface area contributed by atoms with Crippen molar-refractivity contribution < 1.29 is 14.3 Å². The molecule has 7 nitrogen and oxygen atoms in total. The van der Waals surface area contributed by atoms with E-state index in [2.05, 4.69) is 14.5 Å². The predicted octanol–water partition coefficient (Wildman–Crippen LogP) is 4.39. The van der Waals surface area contributed by atoms with E-state index in [9.17, 15) is 4.79 Å². The van der Waals surface area contributed by atoms with E-state index in [0.29, 0.717) is 17.3 Å². The number of imidazole rings is 1. The normalized spacial score (nSPS) is 18.7. The Balaban J connectivity index is 1.45. The highest BCUT2D eigenvalue weighted by molar-refractivity contribution is 6.29. The van der Waals surface area contributed by atoms with E-state index >= 15 is 0 Å². The number of carbonyl (C=O) groups is 1. The van der Waals surface area contributed by atoms with Gasteiger partial charge in [0.1, 0.15) is 16.6 Å². The summed E-state index contributed by atoms with van der Waals surface area (Å²) in [6.07, 6.45) is 4.04. The van der Waals surface area contributed by atoms with Crippen molar-refractivity contribution in [1.82, 2.24) is 19.4 Å². The lowest BCUT2D eigenvalue weighted by atomic mass is 10.0. The fraction of sp³-hybridized carbons (Fsp3) is 0.480. The van der Waals surface area contributed by atoms with Crippen molar-refractivity contribution >= 4 is 28.6 Å². The smallest absolute Gasteiger partial charge is 0.338 e. The standard InChI is InChI=1S/C25H29ClN4O3/c1-25(2,3)33-24(31)16-4-5-20-21(10-16)30(14-19-7-9-32-19)23(28-20)15-29-8-6-17-12-27-22(26)11-18(17)13-29/h4-5,10-12,19H,6-9,13-15H2,1-3H3/t19-/m0/s1. The number of pyridine rings is 1. The monoisotopic (exact) mass is 468 g/mol. The number of aromatic nitrogens is 3. The SMILES string of the molecule is CC(C)(C)OC(=O)c1ccc2nc(CN3CCc4cnc(Cl)cc4C3)n(C[C@@H]3CCO3)c2c1. The summed E-state index contributed by atoms with van der Waals surface area (Å²) >= 11 is 6.13. The second-order valence-corrected chi connectivity index (χ2v) is 10.2. The van der Waals surface area contributed by atoms with Crippen molar-refractivity contribution in [3.8, 4) is 0 Å². The highest BCUT2D eigenvalue weighted by Gasteiger charge is 2.25. The fourth-order valence-corrected chi connectivity index (χ4v) is 4.58. The van der Waals surface area contributed by atoms with Gasteiger partial charge in [0, 0.05) is 25.9 Å². The number of nitrogens with zero attached hydrogens (tertiary/aromatic N) is 4.